The van der Waals surface area contributed by atoms with Crippen molar-refractivity contribution in [1.29, 1.82) is 5.26 Å². The summed E-state index contributed by atoms with van der Waals surface area (Å²) in [6.07, 6.45) is 0. The fourth-order valence-electron chi connectivity index (χ4n) is 1.42. The number of halogens is 1. The van der Waals surface area contributed by atoms with E-state index in [0.29, 0.717) is 28.4 Å². The lowest BCUT2D eigenvalue weighted by molar-refractivity contribution is 0.294. The lowest BCUT2D eigenvalue weighted by Gasteiger charge is -2.07. The quantitative estimate of drug-likeness (QED) is 0.858. The van der Waals surface area contributed by atoms with Crippen molar-refractivity contribution in [2.24, 2.45) is 0 Å². The first-order valence-corrected chi connectivity index (χ1v) is 6.85. The van der Waals surface area contributed by atoms with Crippen LogP contribution in [0.3, 0.4) is 0 Å². The van der Waals surface area contributed by atoms with E-state index in [2.05, 4.69) is 15.2 Å². The lowest BCUT2D eigenvalue weighted by Crippen LogP contribution is -1.99. The zero-order valence-electron chi connectivity index (χ0n) is 10.2. The van der Waals surface area contributed by atoms with Crippen LogP contribution in [-0.2, 0) is 6.61 Å². The van der Waals surface area contributed by atoms with Gasteiger partial charge in [-0.1, -0.05) is 23.4 Å². The number of hydrogen-bond acceptors (Lipinski definition) is 5. The summed E-state index contributed by atoms with van der Waals surface area (Å²) in [6, 6.07) is 7.46. The minimum absolute atomic E-state index is 0.294. The van der Waals surface area contributed by atoms with Crippen molar-refractivity contribution in [3.05, 3.63) is 34.6 Å². The van der Waals surface area contributed by atoms with E-state index >= 15 is 0 Å². The molecule has 0 aliphatic heterocycles. The number of rotatable bonds is 5. The maximum absolute atomic E-state index is 8.47. The number of aromatic nitrogens is 3. The van der Waals surface area contributed by atoms with Crippen molar-refractivity contribution in [2.75, 3.05) is 5.75 Å². The minimum atomic E-state index is 0.294. The van der Waals surface area contributed by atoms with Gasteiger partial charge < -0.3 is 4.74 Å². The van der Waals surface area contributed by atoms with Gasteiger partial charge in [0.2, 0.25) is 5.16 Å². The molecule has 2 aromatic rings. The molecule has 0 amide bonds. The SMILES string of the molecule is Cc1cc(Cl)ccc1OCc1nc(SCC#N)n[nH]1. The molecular formula is C12H11ClN4OS. The van der Waals surface area contributed by atoms with Crippen molar-refractivity contribution in [2.45, 2.75) is 18.7 Å². The van der Waals surface area contributed by atoms with Crippen LogP contribution in [0.5, 0.6) is 5.75 Å². The van der Waals surface area contributed by atoms with Crippen molar-refractivity contribution in [1.82, 2.24) is 15.2 Å². The van der Waals surface area contributed by atoms with Crippen LogP contribution in [0.25, 0.3) is 0 Å². The Labute approximate surface area is 119 Å². The predicted molar refractivity (Wildman–Crippen MR) is 73.2 cm³/mol. The Morgan fingerprint density at radius 2 is 2.37 bits per heavy atom. The van der Waals surface area contributed by atoms with E-state index in [1.165, 1.54) is 11.8 Å². The highest BCUT2D eigenvalue weighted by atomic mass is 35.5. The molecule has 0 saturated carbocycles. The van der Waals surface area contributed by atoms with Gasteiger partial charge in [0, 0.05) is 5.02 Å². The Kier molecular flexibility index (Phi) is 4.66. The first kappa shape index (κ1) is 13.7. The summed E-state index contributed by atoms with van der Waals surface area (Å²) in [5, 5.41) is 16.4. The van der Waals surface area contributed by atoms with Gasteiger partial charge in [0.15, 0.2) is 5.82 Å². The zero-order chi connectivity index (χ0) is 13.7. The number of hydrogen-bond donors (Lipinski definition) is 1. The number of nitrogens with one attached hydrogen (secondary N) is 1. The highest BCUT2D eigenvalue weighted by Gasteiger charge is 2.06. The second-order valence-electron chi connectivity index (χ2n) is 3.71. The molecule has 0 atom stereocenters. The maximum atomic E-state index is 8.47. The van der Waals surface area contributed by atoms with Gasteiger partial charge >= 0.3 is 0 Å². The molecule has 0 spiro atoms. The molecule has 1 aromatic heterocycles. The summed E-state index contributed by atoms with van der Waals surface area (Å²) in [6.45, 7) is 2.22. The zero-order valence-corrected chi connectivity index (χ0v) is 11.8. The maximum Gasteiger partial charge on any atom is 0.209 e. The van der Waals surface area contributed by atoms with E-state index in [-0.39, 0.29) is 0 Å². The van der Waals surface area contributed by atoms with Gasteiger partial charge in [-0.3, -0.25) is 5.10 Å². The first-order chi connectivity index (χ1) is 9.19. The van der Waals surface area contributed by atoms with Crippen LogP contribution in [0.1, 0.15) is 11.4 Å². The number of aryl methyl sites for hydroxylation is 1. The number of benzene rings is 1. The summed E-state index contributed by atoms with van der Waals surface area (Å²) in [5.74, 6) is 1.70. The first-order valence-electron chi connectivity index (χ1n) is 5.49. The molecule has 5 nitrogen and oxygen atoms in total. The summed E-state index contributed by atoms with van der Waals surface area (Å²) < 4.78 is 5.63. The summed E-state index contributed by atoms with van der Waals surface area (Å²) >= 11 is 7.15. The van der Waals surface area contributed by atoms with Crippen LogP contribution in [0.4, 0.5) is 0 Å². The van der Waals surface area contributed by atoms with Crippen molar-refractivity contribution in [3.8, 4) is 11.8 Å². The van der Waals surface area contributed by atoms with E-state index in [4.69, 9.17) is 21.6 Å². The van der Waals surface area contributed by atoms with E-state index < -0.39 is 0 Å². The van der Waals surface area contributed by atoms with E-state index in [0.717, 1.165) is 11.3 Å². The van der Waals surface area contributed by atoms with Gasteiger partial charge in [-0.05, 0) is 30.7 Å². The smallest absolute Gasteiger partial charge is 0.209 e. The number of nitrogens with zero attached hydrogens (tertiary/aromatic N) is 3. The average Bonchev–Trinajstić information content (AvgIpc) is 2.83. The van der Waals surface area contributed by atoms with Crippen molar-refractivity contribution >= 4 is 23.4 Å². The second-order valence-corrected chi connectivity index (χ2v) is 5.09. The molecule has 0 aliphatic rings. The molecular weight excluding hydrogens is 284 g/mol. The molecule has 0 unspecified atom stereocenters. The van der Waals surface area contributed by atoms with Crippen LogP contribution >= 0.6 is 23.4 Å². The molecule has 2 rings (SSSR count). The largest absolute Gasteiger partial charge is 0.485 e. The molecule has 0 aliphatic carbocycles. The molecule has 1 N–H and O–H groups in total. The lowest BCUT2D eigenvalue weighted by atomic mass is 10.2. The molecule has 0 saturated heterocycles. The Bertz CT molecular complexity index is 608. The van der Waals surface area contributed by atoms with Crippen LogP contribution < -0.4 is 4.74 Å². The van der Waals surface area contributed by atoms with Crippen LogP contribution in [0.2, 0.25) is 5.02 Å². The Hall–Kier alpha value is -1.71. The van der Waals surface area contributed by atoms with Gasteiger partial charge in [0.25, 0.3) is 0 Å². The fourth-order valence-corrected chi connectivity index (χ4v) is 2.13. The standard InChI is InChI=1S/C12H11ClN4OS/c1-8-6-9(13)2-3-10(8)18-7-11-15-12(17-16-11)19-5-4-14/h2-3,6H,5,7H2,1H3,(H,15,16,17). The Morgan fingerprint density at radius 3 is 3.11 bits per heavy atom. The highest BCUT2D eigenvalue weighted by molar-refractivity contribution is 7.99. The van der Waals surface area contributed by atoms with Crippen molar-refractivity contribution < 1.29 is 4.74 Å². The van der Waals surface area contributed by atoms with Gasteiger partial charge in [-0.2, -0.15) is 5.26 Å². The monoisotopic (exact) mass is 294 g/mol. The second kappa shape index (κ2) is 6.45. The van der Waals surface area contributed by atoms with Crippen molar-refractivity contribution in [3.63, 3.8) is 0 Å². The summed E-state index contributed by atoms with van der Waals surface area (Å²) in [4.78, 5) is 4.20. The molecule has 98 valence electrons. The third-order valence-corrected chi connectivity index (χ3v) is 3.23. The van der Waals surface area contributed by atoms with Crippen LogP contribution in [0, 0.1) is 18.3 Å². The Balaban J connectivity index is 1.95. The molecule has 7 heteroatoms. The van der Waals surface area contributed by atoms with E-state index in [9.17, 15) is 0 Å². The van der Waals surface area contributed by atoms with Gasteiger partial charge in [-0.25, -0.2) is 4.98 Å². The predicted octanol–water partition coefficient (Wildman–Crippen LogP) is 2.96. The van der Waals surface area contributed by atoms with Gasteiger partial charge in [0.05, 0.1) is 11.8 Å². The molecule has 1 heterocycles. The van der Waals surface area contributed by atoms with Crippen LogP contribution in [0.15, 0.2) is 23.4 Å². The molecule has 0 radical (unpaired) electrons. The van der Waals surface area contributed by atoms with Crippen LogP contribution in [-0.4, -0.2) is 20.9 Å². The molecule has 0 fully saturated rings. The third-order valence-electron chi connectivity index (χ3n) is 2.28. The number of ether oxygens (including phenoxy) is 1. The Morgan fingerprint density at radius 1 is 1.53 bits per heavy atom. The normalized spacial score (nSPS) is 10.2. The third kappa shape index (κ3) is 3.88. The number of nitriles is 1. The molecule has 1 aromatic carbocycles. The average molecular weight is 295 g/mol. The van der Waals surface area contributed by atoms with E-state index in [1.54, 1.807) is 6.07 Å². The van der Waals surface area contributed by atoms with E-state index in [1.807, 2.05) is 25.1 Å². The number of aromatic amines is 1. The highest BCUT2D eigenvalue weighted by Crippen LogP contribution is 2.22. The molecule has 0 bridgehead atoms. The number of H-pyrrole nitrogens is 1. The van der Waals surface area contributed by atoms with Gasteiger partial charge in [-0.15, -0.1) is 5.10 Å². The summed E-state index contributed by atoms with van der Waals surface area (Å²) in [5.41, 5.74) is 0.964. The molecule has 19 heavy (non-hydrogen) atoms. The summed E-state index contributed by atoms with van der Waals surface area (Å²) in [7, 11) is 0. The minimum Gasteiger partial charge on any atom is -0.485 e. The van der Waals surface area contributed by atoms with Gasteiger partial charge in [0.1, 0.15) is 12.4 Å². The topological polar surface area (TPSA) is 74.6 Å². The number of thioether (sulfide) groups is 1. The fraction of sp³-hybridized carbons (Fsp3) is 0.250.